The third-order valence-corrected chi connectivity index (χ3v) is 4.93. The first-order chi connectivity index (χ1) is 10.2. The third kappa shape index (κ3) is 3.90. The smallest absolute Gasteiger partial charge is 0.0574 e. The Kier molecular flexibility index (Phi) is 5.89. The van der Waals surface area contributed by atoms with Crippen molar-refractivity contribution in [2.24, 2.45) is 0 Å². The summed E-state index contributed by atoms with van der Waals surface area (Å²) in [7, 11) is 2.02. The molecular weight excluding hydrogens is 274 g/mol. The zero-order chi connectivity index (χ0) is 15.2. The average Bonchev–Trinajstić information content (AvgIpc) is 2.56. The predicted molar refractivity (Wildman–Crippen MR) is 94.3 cm³/mol. The average molecular weight is 299 g/mol. The van der Waals surface area contributed by atoms with Gasteiger partial charge in [0.15, 0.2) is 0 Å². The van der Waals surface area contributed by atoms with E-state index in [2.05, 4.69) is 74.0 Å². The predicted octanol–water partition coefficient (Wildman–Crippen LogP) is 5.23. The van der Waals surface area contributed by atoms with Crippen LogP contribution in [-0.4, -0.2) is 13.3 Å². The summed E-state index contributed by atoms with van der Waals surface area (Å²) < 4.78 is 0. The fraction of sp³-hybridized carbons (Fsp3) is 0.368. The van der Waals surface area contributed by atoms with E-state index >= 15 is 0 Å². The second kappa shape index (κ2) is 7.67. The van der Waals surface area contributed by atoms with E-state index in [4.69, 9.17) is 0 Å². The van der Waals surface area contributed by atoms with Crippen molar-refractivity contribution in [2.75, 3.05) is 13.3 Å². The first kappa shape index (κ1) is 16.1. The van der Waals surface area contributed by atoms with Crippen LogP contribution in [0.25, 0.3) is 0 Å². The monoisotopic (exact) mass is 299 g/mol. The molecule has 1 nitrogen and oxygen atoms in total. The number of nitrogens with one attached hydrogen (secondary N) is 1. The summed E-state index contributed by atoms with van der Waals surface area (Å²) >= 11 is 1.78. The highest BCUT2D eigenvalue weighted by atomic mass is 32.2. The zero-order valence-electron chi connectivity index (χ0n) is 13.4. The van der Waals surface area contributed by atoms with Crippen molar-refractivity contribution in [3.8, 4) is 0 Å². The van der Waals surface area contributed by atoms with E-state index < -0.39 is 0 Å². The van der Waals surface area contributed by atoms with Crippen molar-refractivity contribution >= 4 is 11.8 Å². The SMILES string of the molecule is CCC(C)c1ccc(C(NC)c2ccc(SC)cc2)cc1. The maximum absolute atomic E-state index is 3.43. The van der Waals surface area contributed by atoms with E-state index in [0.717, 1.165) is 0 Å². The van der Waals surface area contributed by atoms with Gasteiger partial charge in [0, 0.05) is 4.90 Å². The lowest BCUT2D eigenvalue weighted by atomic mass is 9.94. The molecular formula is C19H25NS. The van der Waals surface area contributed by atoms with Gasteiger partial charge >= 0.3 is 0 Å². The molecule has 2 aromatic carbocycles. The number of hydrogen-bond donors (Lipinski definition) is 1. The van der Waals surface area contributed by atoms with Crippen LogP contribution < -0.4 is 5.32 Å². The van der Waals surface area contributed by atoms with Gasteiger partial charge in [0.05, 0.1) is 6.04 Å². The maximum Gasteiger partial charge on any atom is 0.0574 e. The van der Waals surface area contributed by atoms with Gasteiger partial charge in [0.25, 0.3) is 0 Å². The highest BCUT2D eigenvalue weighted by Gasteiger charge is 2.12. The molecule has 0 aliphatic carbocycles. The van der Waals surface area contributed by atoms with E-state index in [0.29, 0.717) is 5.92 Å². The Labute approximate surface area is 133 Å². The molecule has 2 atom stereocenters. The summed E-state index contributed by atoms with van der Waals surface area (Å²) in [5.74, 6) is 0.632. The van der Waals surface area contributed by atoms with E-state index in [-0.39, 0.29) is 6.04 Å². The van der Waals surface area contributed by atoms with Crippen LogP contribution in [0.15, 0.2) is 53.4 Å². The fourth-order valence-corrected chi connectivity index (χ4v) is 2.98. The number of benzene rings is 2. The van der Waals surface area contributed by atoms with Crippen LogP contribution in [0, 0.1) is 0 Å². The van der Waals surface area contributed by atoms with Crippen LogP contribution in [0.5, 0.6) is 0 Å². The van der Waals surface area contributed by atoms with Gasteiger partial charge in [0.2, 0.25) is 0 Å². The third-order valence-electron chi connectivity index (χ3n) is 4.19. The second-order valence-corrected chi connectivity index (χ2v) is 6.35. The summed E-state index contributed by atoms with van der Waals surface area (Å²) in [6, 6.07) is 18.1. The standard InChI is InChI=1S/C19H25NS/c1-5-14(2)15-6-8-16(9-7-15)19(20-3)17-10-12-18(21-4)13-11-17/h6-14,19-20H,5H2,1-4H3. The minimum atomic E-state index is 0.256. The van der Waals surface area contributed by atoms with Crippen molar-refractivity contribution in [2.45, 2.75) is 37.1 Å². The van der Waals surface area contributed by atoms with Crippen LogP contribution in [0.1, 0.15) is 48.9 Å². The molecule has 0 saturated carbocycles. The molecule has 21 heavy (non-hydrogen) atoms. The summed E-state index contributed by atoms with van der Waals surface area (Å²) in [5.41, 5.74) is 4.06. The molecule has 2 unspecified atom stereocenters. The lowest BCUT2D eigenvalue weighted by molar-refractivity contribution is 0.688. The fourth-order valence-electron chi connectivity index (χ4n) is 2.57. The largest absolute Gasteiger partial charge is 0.309 e. The summed E-state index contributed by atoms with van der Waals surface area (Å²) in [6.07, 6.45) is 3.29. The number of rotatable bonds is 6. The number of hydrogen-bond acceptors (Lipinski definition) is 2. The molecule has 0 amide bonds. The molecule has 0 bridgehead atoms. The minimum Gasteiger partial charge on any atom is -0.309 e. The van der Waals surface area contributed by atoms with Crippen molar-refractivity contribution < 1.29 is 0 Å². The lowest BCUT2D eigenvalue weighted by Crippen LogP contribution is -2.17. The van der Waals surface area contributed by atoms with Crippen LogP contribution >= 0.6 is 11.8 Å². The normalized spacial score (nSPS) is 13.9. The second-order valence-electron chi connectivity index (χ2n) is 5.47. The molecule has 1 N–H and O–H groups in total. The molecule has 0 radical (unpaired) electrons. The van der Waals surface area contributed by atoms with Gasteiger partial charge in [-0.3, -0.25) is 0 Å². The molecule has 0 aromatic heterocycles. The van der Waals surface area contributed by atoms with Crippen molar-refractivity contribution in [3.05, 3.63) is 65.2 Å². The molecule has 0 spiro atoms. The number of thioether (sulfide) groups is 1. The molecule has 0 fully saturated rings. The van der Waals surface area contributed by atoms with E-state index in [9.17, 15) is 0 Å². The van der Waals surface area contributed by atoms with Crippen LogP contribution in [-0.2, 0) is 0 Å². The Morgan fingerprint density at radius 2 is 1.38 bits per heavy atom. The van der Waals surface area contributed by atoms with Gasteiger partial charge in [-0.25, -0.2) is 0 Å². The molecule has 2 aromatic rings. The van der Waals surface area contributed by atoms with E-state index in [1.807, 2.05) is 7.05 Å². The Morgan fingerprint density at radius 1 is 0.905 bits per heavy atom. The minimum absolute atomic E-state index is 0.256. The van der Waals surface area contributed by atoms with Crippen molar-refractivity contribution in [1.29, 1.82) is 0 Å². The van der Waals surface area contributed by atoms with Gasteiger partial charge in [-0.2, -0.15) is 0 Å². The van der Waals surface area contributed by atoms with Crippen molar-refractivity contribution in [3.63, 3.8) is 0 Å². The van der Waals surface area contributed by atoms with Gasteiger partial charge < -0.3 is 5.32 Å². The topological polar surface area (TPSA) is 12.0 Å². The van der Waals surface area contributed by atoms with Crippen LogP contribution in [0.3, 0.4) is 0 Å². The first-order valence-corrected chi connectivity index (χ1v) is 8.83. The van der Waals surface area contributed by atoms with Gasteiger partial charge in [-0.1, -0.05) is 50.2 Å². The highest BCUT2D eigenvalue weighted by Crippen LogP contribution is 2.26. The maximum atomic E-state index is 3.43. The van der Waals surface area contributed by atoms with Crippen LogP contribution in [0.2, 0.25) is 0 Å². The molecule has 0 heterocycles. The molecule has 0 aliphatic heterocycles. The summed E-state index contributed by atoms with van der Waals surface area (Å²) in [6.45, 7) is 4.52. The lowest BCUT2D eigenvalue weighted by Gasteiger charge is -2.19. The van der Waals surface area contributed by atoms with Gasteiger partial charge in [0.1, 0.15) is 0 Å². The Morgan fingerprint density at radius 3 is 1.81 bits per heavy atom. The Balaban J connectivity index is 2.23. The van der Waals surface area contributed by atoms with E-state index in [1.165, 1.54) is 28.0 Å². The molecule has 2 rings (SSSR count). The Bertz CT molecular complexity index is 545. The highest BCUT2D eigenvalue weighted by molar-refractivity contribution is 7.98. The van der Waals surface area contributed by atoms with Crippen LogP contribution in [0.4, 0.5) is 0 Å². The van der Waals surface area contributed by atoms with Gasteiger partial charge in [-0.15, -0.1) is 11.8 Å². The molecule has 112 valence electrons. The first-order valence-electron chi connectivity index (χ1n) is 7.60. The van der Waals surface area contributed by atoms with Gasteiger partial charge in [-0.05, 0) is 54.5 Å². The quantitative estimate of drug-likeness (QED) is 0.733. The summed E-state index contributed by atoms with van der Waals surface area (Å²) in [4.78, 5) is 1.31. The summed E-state index contributed by atoms with van der Waals surface area (Å²) in [5, 5.41) is 3.43. The molecule has 0 aliphatic rings. The molecule has 0 saturated heterocycles. The molecule has 2 heteroatoms. The van der Waals surface area contributed by atoms with Crippen molar-refractivity contribution in [1.82, 2.24) is 5.32 Å². The Hall–Kier alpha value is -1.25. The van der Waals surface area contributed by atoms with E-state index in [1.54, 1.807) is 11.8 Å². The zero-order valence-corrected chi connectivity index (χ0v) is 14.2.